The summed E-state index contributed by atoms with van der Waals surface area (Å²) < 4.78 is 32.1. The highest BCUT2D eigenvalue weighted by Gasteiger charge is 2.16. The maximum Gasteiger partial charge on any atom is 0.233 e. The number of ether oxygens (including phenoxy) is 1. The molecule has 1 heterocycles. The van der Waals surface area contributed by atoms with Crippen LogP contribution in [-0.4, -0.2) is 43.0 Å². The molecule has 0 amide bonds. The van der Waals surface area contributed by atoms with Crippen LogP contribution in [0.25, 0.3) is 11.0 Å². The highest BCUT2D eigenvalue weighted by atomic mass is 32.2. The Labute approximate surface area is 170 Å². The van der Waals surface area contributed by atoms with Gasteiger partial charge in [-0.25, -0.2) is 18.4 Å². The van der Waals surface area contributed by atoms with Gasteiger partial charge in [0.25, 0.3) is 0 Å². The molecule has 29 heavy (non-hydrogen) atoms. The summed E-state index contributed by atoms with van der Waals surface area (Å²) in [7, 11) is -1.97. The summed E-state index contributed by atoms with van der Waals surface area (Å²) in [6, 6.07) is 12.8. The molecule has 0 unspecified atom stereocenters. The Morgan fingerprint density at radius 1 is 1.07 bits per heavy atom. The van der Waals surface area contributed by atoms with Crippen LogP contribution in [0.5, 0.6) is 5.75 Å². The van der Waals surface area contributed by atoms with Gasteiger partial charge in [-0.05, 0) is 43.5 Å². The summed E-state index contributed by atoms with van der Waals surface area (Å²) in [6.45, 7) is 1.63. The van der Waals surface area contributed by atoms with Gasteiger partial charge in [-0.1, -0.05) is 18.2 Å². The number of hydrogen-bond acceptors (Lipinski definition) is 7. The van der Waals surface area contributed by atoms with Crippen LogP contribution in [-0.2, 0) is 16.4 Å². The van der Waals surface area contributed by atoms with Gasteiger partial charge in [0.05, 0.1) is 23.9 Å². The maximum atomic E-state index is 12.2. The third-order valence-corrected chi connectivity index (χ3v) is 5.64. The van der Waals surface area contributed by atoms with Gasteiger partial charge in [0.1, 0.15) is 5.75 Å². The molecule has 0 aliphatic rings. The first-order valence-electron chi connectivity index (χ1n) is 9.28. The SMILES string of the molecule is CCS(=O)(=O)Nc1nc2ccccc2nc1Nc1cc(OC)ccc1CCCO. The maximum absolute atomic E-state index is 12.2. The van der Waals surface area contributed by atoms with Gasteiger partial charge in [-0.15, -0.1) is 0 Å². The molecular formula is C20H24N4O4S. The van der Waals surface area contributed by atoms with E-state index in [1.807, 2.05) is 36.4 Å². The molecule has 9 heteroatoms. The van der Waals surface area contributed by atoms with Crippen LogP contribution in [0.15, 0.2) is 42.5 Å². The highest BCUT2D eigenvalue weighted by molar-refractivity contribution is 7.92. The number of hydrogen-bond donors (Lipinski definition) is 3. The molecule has 8 nitrogen and oxygen atoms in total. The third kappa shape index (κ3) is 5.12. The second-order valence-electron chi connectivity index (χ2n) is 6.39. The average molecular weight is 417 g/mol. The molecule has 3 rings (SSSR count). The van der Waals surface area contributed by atoms with E-state index < -0.39 is 10.0 Å². The Morgan fingerprint density at radius 3 is 2.38 bits per heavy atom. The molecule has 0 atom stereocenters. The topological polar surface area (TPSA) is 113 Å². The summed E-state index contributed by atoms with van der Waals surface area (Å²) in [6.07, 6.45) is 1.24. The minimum Gasteiger partial charge on any atom is -0.497 e. The molecule has 0 aliphatic carbocycles. The van der Waals surface area contributed by atoms with Crippen molar-refractivity contribution >= 4 is 38.4 Å². The first-order valence-corrected chi connectivity index (χ1v) is 10.9. The van der Waals surface area contributed by atoms with Crippen LogP contribution in [0.1, 0.15) is 18.9 Å². The number of rotatable bonds is 9. The molecule has 154 valence electrons. The number of aromatic nitrogens is 2. The zero-order valence-corrected chi connectivity index (χ0v) is 17.2. The predicted molar refractivity (Wildman–Crippen MR) is 114 cm³/mol. The normalized spacial score (nSPS) is 11.4. The molecule has 0 radical (unpaired) electrons. The number of methoxy groups -OCH3 is 1. The van der Waals surface area contributed by atoms with E-state index in [1.165, 1.54) is 0 Å². The molecule has 0 saturated heterocycles. The average Bonchev–Trinajstić information content (AvgIpc) is 2.73. The van der Waals surface area contributed by atoms with Gasteiger partial charge >= 0.3 is 0 Å². The highest BCUT2D eigenvalue weighted by Crippen LogP contribution is 2.30. The van der Waals surface area contributed by atoms with E-state index in [9.17, 15) is 13.5 Å². The molecule has 0 fully saturated rings. The Morgan fingerprint density at radius 2 is 1.76 bits per heavy atom. The summed E-state index contributed by atoms with van der Waals surface area (Å²) in [5.74, 6) is 0.979. The van der Waals surface area contributed by atoms with Crippen molar-refractivity contribution in [3.63, 3.8) is 0 Å². The zero-order valence-electron chi connectivity index (χ0n) is 16.3. The van der Waals surface area contributed by atoms with Gasteiger partial charge in [-0.3, -0.25) is 4.72 Å². The summed E-state index contributed by atoms with van der Waals surface area (Å²) in [5.41, 5.74) is 2.87. The number of aryl methyl sites for hydroxylation is 1. The zero-order chi connectivity index (χ0) is 20.9. The molecule has 0 spiro atoms. The quantitative estimate of drug-likeness (QED) is 0.491. The lowest BCUT2D eigenvalue weighted by Gasteiger charge is -2.16. The van der Waals surface area contributed by atoms with E-state index in [-0.39, 0.29) is 18.2 Å². The molecule has 0 bridgehead atoms. The standard InChI is InChI=1S/C20H24N4O4S/c1-3-29(26,27)24-20-19(21-16-8-4-5-9-17(16)22-20)23-18-13-15(28-2)11-10-14(18)7-6-12-25/h4-5,8-11,13,25H,3,6-7,12H2,1-2H3,(H,21,23)(H,22,24). The lowest BCUT2D eigenvalue weighted by Crippen LogP contribution is -2.17. The first kappa shape index (κ1) is 20.8. The van der Waals surface area contributed by atoms with Gasteiger partial charge in [-0.2, -0.15) is 0 Å². The monoisotopic (exact) mass is 416 g/mol. The molecule has 1 aromatic heterocycles. The fourth-order valence-corrected chi connectivity index (χ4v) is 3.37. The third-order valence-electron chi connectivity index (χ3n) is 4.38. The van der Waals surface area contributed by atoms with E-state index in [0.717, 1.165) is 5.56 Å². The lowest BCUT2D eigenvalue weighted by molar-refractivity contribution is 0.288. The second kappa shape index (κ2) is 9.06. The minimum atomic E-state index is -3.54. The molecular weight excluding hydrogens is 392 g/mol. The first-order chi connectivity index (χ1) is 14.0. The largest absolute Gasteiger partial charge is 0.497 e. The Kier molecular flexibility index (Phi) is 6.50. The van der Waals surface area contributed by atoms with Crippen molar-refractivity contribution in [1.29, 1.82) is 0 Å². The van der Waals surface area contributed by atoms with E-state index in [1.54, 1.807) is 20.1 Å². The summed E-state index contributed by atoms with van der Waals surface area (Å²) in [4.78, 5) is 9.03. The smallest absolute Gasteiger partial charge is 0.233 e. The lowest BCUT2D eigenvalue weighted by atomic mass is 10.1. The number of anilines is 3. The number of fused-ring (bicyclic) bond motifs is 1. The fourth-order valence-electron chi connectivity index (χ4n) is 2.79. The number of aliphatic hydroxyl groups excluding tert-OH is 1. The van der Waals surface area contributed by atoms with Gasteiger partial charge in [0.15, 0.2) is 11.6 Å². The summed E-state index contributed by atoms with van der Waals surface area (Å²) in [5, 5.41) is 12.4. The molecule has 2 aromatic carbocycles. The molecule has 0 saturated carbocycles. The van der Waals surface area contributed by atoms with E-state index >= 15 is 0 Å². The molecule has 3 aromatic rings. The Hall–Kier alpha value is -2.91. The van der Waals surface area contributed by atoms with E-state index in [4.69, 9.17) is 4.74 Å². The number of nitrogens with zero attached hydrogens (tertiary/aromatic N) is 2. The van der Waals surface area contributed by atoms with Crippen molar-refractivity contribution in [2.24, 2.45) is 0 Å². The Balaban J connectivity index is 2.08. The van der Waals surface area contributed by atoms with Gasteiger partial charge in [0.2, 0.25) is 10.0 Å². The van der Waals surface area contributed by atoms with Crippen molar-refractivity contribution in [1.82, 2.24) is 9.97 Å². The van der Waals surface area contributed by atoms with Crippen molar-refractivity contribution in [3.05, 3.63) is 48.0 Å². The summed E-state index contributed by atoms with van der Waals surface area (Å²) >= 11 is 0. The van der Waals surface area contributed by atoms with Crippen LogP contribution >= 0.6 is 0 Å². The molecule has 0 aliphatic heterocycles. The number of nitrogens with one attached hydrogen (secondary N) is 2. The van der Waals surface area contributed by atoms with Crippen molar-refractivity contribution in [2.45, 2.75) is 19.8 Å². The molecule has 3 N–H and O–H groups in total. The minimum absolute atomic E-state index is 0.0722. The van der Waals surface area contributed by atoms with E-state index in [2.05, 4.69) is 20.0 Å². The number of sulfonamides is 1. The number of para-hydroxylation sites is 2. The number of aliphatic hydroxyl groups is 1. The fraction of sp³-hybridized carbons (Fsp3) is 0.300. The Bertz CT molecular complexity index is 1100. The van der Waals surface area contributed by atoms with Crippen molar-refractivity contribution < 1.29 is 18.3 Å². The van der Waals surface area contributed by atoms with Crippen molar-refractivity contribution in [2.75, 3.05) is 29.5 Å². The van der Waals surface area contributed by atoms with Crippen LogP contribution in [0.3, 0.4) is 0 Å². The van der Waals surface area contributed by atoms with Gasteiger partial charge in [0, 0.05) is 18.4 Å². The van der Waals surface area contributed by atoms with Crippen molar-refractivity contribution in [3.8, 4) is 5.75 Å². The number of benzene rings is 2. The predicted octanol–water partition coefficient (Wildman–Crippen LogP) is 3.07. The van der Waals surface area contributed by atoms with Crippen LogP contribution in [0, 0.1) is 0 Å². The van der Waals surface area contributed by atoms with E-state index in [0.29, 0.717) is 41.1 Å². The van der Waals surface area contributed by atoms with Crippen LogP contribution in [0.4, 0.5) is 17.3 Å². The second-order valence-corrected chi connectivity index (χ2v) is 8.40. The van der Waals surface area contributed by atoms with Gasteiger partial charge < -0.3 is 15.2 Å². The van der Waals surface area contributed by atoms with Crippen LogP contribution < -0.4 is 14.8 Å². The van der Waals surface area contributed by atoms with Crippen LogP contribution in [0.2, 0.25) is 0 Å².